The topological polar surface area (TPSA) is 66.5 Å². The van der Waals surface area contributed by atoms with Crippen molar-refractivity contribution in [3.63, 3.8) is 0 Å². The van der Waals surface area contributed by atoms with Gasteiger partial charge in [0.05, 0.1) is 0 Å². The van der Waals surface area contributed by atoms with Gasteiger partial charge >= 0.3 is 0 Å². The Balaban J connectivity index is 2.86. The predicted octanol–water partition coefficient (Wildman–Crippen LogP) is 0.987. The largest absolute Gasteiger partial charge is 0.508 e. The van der Waals surface area contributed by atoms with Crippen LogP contribution in [0, 0.1) is 0 Å². The van der Waals surface area contributed by atoms with E-state index in [0.29, 0.717) is 6.42 Å². The minimum absolute atomic E-state index is 0.0143. The van der Waals surface area contributed by atoms with Crippen molar-refractivity contribution in [2.24, 2.45) is 5.73 Å². The summed E-state index contributed by atoms with van der Waals surface area (Å²) in [6.07, 6.45) is 0.617. The van der Waals surface area contributed by atoms with Crippen LogP contribution in [0.4, 0.5) is 0 Å². The first-order chi connectivity index (χ1) is 5.59. The van der Waals surface area contributed by atoms with Gasteiger partial charge in [-0.3, -0.25) is 0 Å². The third kappa shape index (κ3) is 2.13. The van der Waals surface area contributed by atoms with Crippen molar-refractivity contribution >= 4 is 0 Å². The molecular formula is C9H13NO2. The zero-order valence-electron chi connectivity index (χ0n) is 6.99. The molecule has 1 atom stereocenters. The first kappa shape index (κ1) is 8.87. The molecule has 0 saturated carbocycles. The molecule has 0 aromatic heterocycles. The Morgan fingerprint density at radius 3 is 2.58 bits per heavy atom. The maximum absolute atomic E-state index is 9.32. The average Bonchev–Trinajstić information content (AvgIpc) is 1.94. The molecule has 0 amide bonds. The minimum Gasteiger partial charge on any atom is -0.508 e. The number of phenolic OH excluding ortho intramolecular Hbond substituents is 2. The van der Waals surface area contributed by atoms with Crippen LogP contribution in [0.5, 0.6) is 11.5 Å². The molecule has 1 aromatic carbocycles. The van der Waals surface area contributed by atoms with Crippen molar-refractivity contribution < 1.29 is 10.2 Å². The number of rotatable bonds is 2. The lowest BCUT2D eigenvalue weighted by Crippen LogP contribution is -2.17. The molecule has 12 heavy (non-hydrogen) atoms. The second kappa shape index (κ2) is 3.45. The van der Waals surface area contributed by atoms with Crippen molar-refractivity contribution in [3.8, 4) is 11.5 Å². The maximum atomic E-state index is 9.32. The summed E-state index contributed by atoms with van der Waals surface area (Å²) >= 11 is 0. The third-order valence-electron chi connectivity index (χ3n) is 1.61. The summed E-state index contributed by atoms with van der Waals surface area (Å²) in [5.74, 6) is 0.174. The van der Waals surface area contributed by atoms with E-state index in [0.717, 1.165) is 5.56 Å². The SMILES string of the molecule is C[C@@H](N)Cc1ccc(O)cc1O. The molecule has 3 nitrogen and oxygen atoms in total. The molecule has 0 aliphatic heterocycles. The van der Waals surface area contributed by atoms with Crippen LogP contribution in [0.25, 0.3) is 0 Å². The lowest BCUT2D eigenvalue weighted by atomic mass is 10.1. The average molecular weight is 167 g/mol. The first-order valence-electron chi connectivity index (χ1n) is 3.86. The Labute approximate surface area is 71.5 Å². The molecular weight excluding hydrogens is 154 g/mol. The van der Waals surface area contributed by atoms with Crippen LogP contribution < -0.4 is 5.73 Å². The molecule has 0 fully saturated rings. The standard InChI is InChI=1S/C9H13NO2/c1-6(10)4-7-2-3-8(11)5-9(7)12/h2-3,5-6,11-12H,4,10H2,1H3/t6-/m1/s1. The summed E-state index contributed by atoms with van der Waals surface area (Å²) in [6, 6.07) is 4.55. The van der Waals surface area contributed by atoms with Gasteiger partial charge in [-0.25, -0.2) is 0 Å². The highest BCUT2D eigenvalue weighted by molar-refractivity contribution is 5.39. The molecule has 0 aliphatic rings. The van der Waals surface area contributed by atoms with Gasteiger partial charge in [0.2, 0.25) is 0 Å². The Kier molecular flexibility index (Phi) is 2.55. The summed E-state index contributed by atoms with van der Waals surface area (Å²) in [4.78, 5) is 0. The van der Waals surface area contributed by atoms with Crippen molar-refractivity contribution in [1.82, 2.24) is 0 Å². The van der Waals surface area contributed by atoms with E-state index >= 15 is 0 Å². The second-order valence-electron chi connectivity index (χ2n) is 2.99. The van der Waals surface area contributed by atoms with E-state index in [1.807, 2.05) is 6.92 Å². The normalized spacial score (nSPS) is 12.8. The van der Waals surface area contributed by atoms with Crippen LogP contribution in [-0.4, -0.2) is 16.3 Å². The van der Waals surface area contributed by atoms with E-state index < -0.39 is 0 Å². The van der Waals surface area contributed by atoms with Crippen LogP contribution in [0.3, 0.4) is 0 Å². The summed E-state index contributed by atoms with van der Waals surface area (Å²) in [6.45, 7) is 1.87. The van der Waals surface area contributed by atoms with Crippen molar-refractivity contribution in [3.05, 3.63) is 23.8 Å². The number of hydrogen-bond acceptors (Lipinski definition) is 3. The number of aromatic hydroxyl groups is 2. The Hall–Kier alpha value is -1.22. The van der Waals surface area contributed by atoms with E-state index in [4.69, 9.17) is 10.8 Å². The van der Waals surface area contributed by atoms with Gasteiger partial charge < -0.3 is 15.9 Å². The Morgan fingerprint density at radius 2 is 2.08 bits per heavy atom. The van der Waals surface area contributed by atoms with Gasteiger partial charge in [-0.2, -0.15) is 0 Å². The fourth-order valence-corrected chi connectivity index (χ4v) is 1.07. The zero-order chi connectivity index (χ0) is 9.14. The monoisotopic (exact) mass is 167 g/mol. The molecule has 0 spiro atoms. The molecule has 66 valence electrons. The molecule has 1 rings (SSSR count). The zero-order valence-corrected chi connectivity index (χ0v) is 6.99. The molecule has 0 heterocycles. The highest BCUT2D eigenvalue weighted by Gasteiger charge is 2.03. The van der Waals surface area contributed by atoms with Crippen LogP contribution in [0.1, 0.15) is 12.5 Å². The maximum Gasteiger partial charge on any atom is 0.122 e. The fraction of sp³-hybridized carbons (Fsp3) is 0.333. The molecule has 0 bridgehead atoms. The minimum atomic E-state index is 0.0143. The molecule has 0 radical (unpaired) electrons. The molecule has 0 saturated heterocycles. The van der Waals surface area contributed by atoms with Gasteiger partial charge in [-0.1, -0.05) is 6.07 Å². The van der Waals surface area contributed by atoms with E-state index in [1.165, 1.54) is 12.1 Å². The van der Waals surface area contributed by atoms with Gasteiger partial charge in [0.25, 0.3) is 0 Å². The fourth-order valence-electron chi connectivity index (χ4n) is 1.07. The van der Waals surface area contributed by atoms with Crippen LogP contribution in [0.2, 0.25) is 0 Å². The van der Waals surface area contributed by atoms with Crippen molar-refractivity contribution in [2.45, 2.75) is 19.4 Å². The quantitative estimate of drug-likeness (QED) is 0.615. The Bertz CT molecular complexity index is 271. The van der Waals surface area contributed by atoms with Crippen LogP contribution >= 0.6 is 0 Å². The summed E-state index contributed by atoms with van der Waals surface area (Å²) < 4.78 is 0. The lowest BCUT2D eigenvalue weighted by molar-refractivity contribution is 0.444. The summed E-state index contributed by atoms with van der Waals surface area (Å²) in [5, 5.41) is 18.3. The molecule has 4 N–H and O–H groups in total. The number of hydrogen-bond donors (Lipinski definition) is 3. The van der Waals surface area contributed by atoms with Gasteiger partial charge in [0.15, 0.2) is 0 Å². The van der Waals surface area contributed by atoms with Gasteiger partial charge in [-0.15, -0.1) is 0 Å². The van der Waals surface area contributed by atoms with E-state index in [2.05, 4.69) is 0 Å². The third-order valence-corrected chi connectivity index (χ3v) is 1.61. The van der Waals surface area contributed by atoms with E-state index in [-0.39, 0.29) is 17.5 Å². The van der Waals surface area contributed by atoms with Crippen molar-refractivity contribution in [2.75, 3.05) is 0 Å². The first-order valence-corrected chi connectivity index (χ1v) is 3.86. The molecule has 0 aliphatic carbocycles. The highest BCUT2D eigenvalue weighted by atomic mass is 16.3. The number of nitrogens with two attached hydrogens (primary N) is 1. The van der Waals surface area contributed by atoms with Crippen LogP contribution in [0.15, 0.2) is 18.2 Å². The van der Waals surface area contributed by atoms with Gasteiger partial charge in [-0.05, 0) is 25.0 Å². The molecule has 3 heteroatoms. The number of phenols is 2. The van der Waals surface area contributed by atoms with Gasteiger partial charge in [0, 0.05) is 12.1 Å². The predicted molar refractivity (Wildman–Crippen MR) is 47.1 cm³/mol. The second-order valence-corrected chi connectivity index (χ2v) is 2.99. The smallest absolute Gasteiger partial charge is 0.122 e. The highest BCUT2D eigenvalue weighted by Crippen LogP contribution is 2.23. The molecule has 1 aromatic rings. The van der Waals surface area contributed by atoms with E-state index in [9.17, 15) is 5.11 Å². The Morgan fingerprint density at radius 1 is 1.42 bits per heavy atom. The summed E-state index contributed by atoms with van der Waals surface area (Å²) in [7, 11) is 0. The van der Waals surface area contributed by atoms with E-state index in [1.54, 1.807) is 6.07 Å². The summed E-state index contributed by atoms with van der Waals surface area (Å²) in [5.41, 5.74) is 6.32. The number of benzene rings is 1. The van der Waals surface area contributed by atoms with Crippen molar-refractivity contribution in [1.29, 1.82) is 0 Å². The molecule has 0 unspecified atom stereocenters. The van der Waals surface area contributed by atoms with Gasteiger partial charge in [0.1, 0.15) is 11.5 Å². The van der Waals surface area contributed by atoms with Crippen LogP contribution in [-0.2, 0) is 6.42 Å². The lowest BCUT2D eigenvalue weighted by Gasteiger charge is -2.07.